The topological polar surface area (TPSA) is 64.0 Å². The highest BCUT2D eigenvalue weighted by Gasteiger charge is 2.33. The van der Waals surface area contributed by atoms with Gasteiger partial charge in [0.15, 0.2) is 5.88 Å². The van der Waals surface area contributed by atoms with E-state index in [9.17, 15) is 4.79 Å². The van der Waals surface area contributed by atoms with Crippen LogP contribution in [0.25, 0.3) is 0 Å². The lowest BCUT2D eigenvalue weighted by atomic mass is 9.99. The number of rotatable bonds is 3. The first-order valence-corrected chi connectivity index (χ1v) is 9.83. The molecule has 2 heterocycles. The summed E-state index contributed by atoms with van der Waals surface area (Å²) in [6.07, 6.45) is 3.47. The van der Waals surface area contributed by atoms with Gasteiger partial charge in [0.25, 0.3) is 0 Å². The van der Waals surface area contributed by atoms with E-state index in [2.05, 4.69) is 11.6 Å². The van der Waals surface area contributed by atoms with Crippen LogP contribution in [0.4, 0.5) is 4.79 Å². The minimum absolute atomic E-state index is 0.114. The molecule has 0 fully saturated rings. The van der Waals surface area contributed by atoms with Crippen molar-refractivity contribution < 1.29 is 14.3 Å². The van der Waals surface area contributed by atoms with E-state index in [0.29, 0.717) is 17.4 Å². The molecule has 1 aliphatic heterocycles. The molecule has 0 N–H and O–H groups in total. The Bertz CT molecular complexity index is 735. The van der Waals surface area contributed by atoms with E-state index in [1.165, 1.54) is 4.90 Å². The number of carbonyl (C=O) groups excluding carboxylic acids is 1. The lowest BCUT2D eigenvalue weighted by Gasteiger charge is -2.34. The molecule has 154 valence electrons. The zero-order chi connectivity index (χ0) is 21.1. The third-order valence-corrected chi connectivity index (χ3v) is 4.03. The van der Waals surface area contributed by atoms with Gasteiger partial charge in [-0.05, 0) is 78.7 Å². The number of carbonyl (C=O) groups is 1. The van der Waals surface area contributed by atoms with Gasteiger partial charge in [-0.25, -0.2) is 14.7 Å². The summed E-state index contributed by atoms with van der Waals surface area (Å²) in [5, 5.41) is 0.421. The molecular weight excluding hydrogens is 378 g/mol. The molecule has 0 aromatic carbocycles. The van der Waals surface area contributed by atoms with Crippen molar-refractivity contribution in [2.24, 2.45) is 4.99 Å². The zero-order valence-corrected chi connectivity index (χ0v) is 18.3. The first kappa shape index (κ1) is 22.2. The molecule has 6 nitrogen and oxygen atoms in total. The second-order valence-electron chi connectivity index (χ2n) is 8.79. The van der Waals surface area contributed by atoms with Gasteiger partial charge in [-0.2, -0.15) is 0 Å². The molecule has 2 rings (SSSR count). The molecule has 0 saturated carbocycles. The second kappa shape index (κ2) is 8.52. The highest BCUT2D eigenvalue weighted by molar-refractivity contribution is 6.29. The van der Waals surface area contributed by atoms with Crippen LogP contribution in [0.2, 0.25) is 5.15 Å². The minimum Gasteiger partial charge on any atom is -0.473 e. The maximum atomic E-state index is 12.9. The molecule has 0 radical (unpaired) electrons. The fourth-order valence-corrected chi connectivity index (χ4v) is 3.04. The van der Waals surface area contributed by atoms with Crippen molar-refractivity contribution in [2.45, 2.75) is 78.0 Å². The predicted octanol–water partition coefficient (Wildman–Crippen LogP) is 5.88. The number of aliphatic imine (C=N–C) groups is 1. The molecule has 0 saturated heterocycles. The molecule has 1 aromatic heterocycles. The lowest BCUT2D eigenvalue weighted by Crippen LogP contribution is -2.43. The van der Waals surface area contributed by atoms with E-state index < -0.39 is 17.3 Å². The summed E-state index contributed by atoms with van der Waals surface area (Å²) >= 11 is 6.03. The number of hydrogen-bond acceptors (Lipinski definition) is 5. The van der Waals surface area contributed by atoms with E-state index in [1.807, 2.05) is 47.6 Å². The van der Waals surface area contributed by atoms with E-state index >= 15 is 0 Å². The second-order valence-corrected chi connectivity index (χ2v) is 9.18. The molecule has 7 heteroatoms. The van der Waals surface area contributed by atoms with Crippen molar-refractivity contribution in [3.63, 3.8) is 0 Å². The molecule has 28 heavy (non-hydrogen) atoms. The molecule has 0 bridgehead atoms. The average Bonchev–Trinajstić information content (AvgIpc) is 2.52. The molecule has 1 amide bonds. The van der Waals surface area contributed by atoms with E-state index in [-0.39, 0.29) is 11.9 Å². The van der Waals surface area contributed by atoms with Crippen molar-refractivity contribution in [3.8, 4) is 0 Å². The quantitative estimate of drug-likeness (QED) is 0.463. The Balaban J connectivity index is 2.37. The van der Waals surface area contributed by atoms with Gasteiger partial charge in [0.2, 0.25) is 0 Å². The maximum absolute atomic E-state index is 12.9. The van der Waals surface area contributed by atoms with Gasteiger partial charge in [-0.3, -0.25) is 4.99 Å². The van der Waals surface area contributed by atoms with E-state index in [1.54, 1.807) is 12.3 Å². The predicted molar refractivity (Wildman–Crippen MR) is 111 cm³/mol. The van der Waals surface area contributed by atoms with Crippen LogP contribution in [-0.4, -0.2) is 33.0 Å². The SMILES string of the molecule is C=C(OC(C)(C)C)N(C(=O)OC(C)(C)C)C1=NC(c2ccnc(Cl)c2)CCC1. The number of hydrogen-bond donors (Lipinski definition) is 0. The zero-order valence-electron chi connectivity index (χ0n) is 17.6. The normalized spacial score (nSPS) is 17.5. The van der Waals surface area contributed by atoms with Crippen LogP contribution in [0.5, 0.6) is 0 Å². The summed E-state index contributed by atoms with van der Waals surface area (Å²) in [5.41, 5.74) is -0.196. The Morgan fingerprint density at radius 3 is 2.43 bits per heavy atom. The Labute approximate surface area is 172 Å². The number of pyridine rings is 1. The number of amides is 1. The Morgan fingerprint density at radius 2 is 1.86 bits per heavy atom. The van der Waals surface area contributed by atoms with Gasteiger partial charge in [0.05, 0.1) is 6.04 Å². The number of amidine groups is 1. The lowest BCUT2D eigenvalue weighted by molar-refractivity contribution is -0.00103. The summed E-state index contributed by atoms with van der Waals surface area (Å²) in [4.78, 5) is 23.1. The third kappa shape index (κ3) is 6.51. The van der Waals surface area contributed by atoms with Gasteiger partial charge in [-0.1, -0.05) is 11.6 Å². The standard InChI is InChI=1S/C21H30ClN3O3/c1-14(27-20(2,3)4)25(19(26)28-21(5,6)7)18-10-8-9-16(24-18)15-11-12-23-17(22)13-15/h11-13,16H,1,8-10H2,2-7H3. The molecule has 0 aliphatic carbocycles. The molecule has 1 aromatic rings. The fraction of sp³-hybridized carbons (Fsp3) is 0.571. The van der Waals surface area contributed by atoms with Crippen molar-refractivity contribution in [1.29, 1.82) is 0 Å². The Morgan fingerprint density at radius 1 is 1.21 bits per heavy atom. The molecule has 1 unspecified atom stereocenters. The van der Waals surface area contributed by atoms with Gasteiger partial charge in [0.1, 0.15) is 22.2 Å². The Kier molecular flexibility index (Phi) is 6.75. The van der Waals surface area contributed by atoms with Crippen LogP contribution in [-0.2, 0) is 9.47 Å². The van der Waals surface area contributed by atoms with Gasteiger partial charge >= 0.3 is 6.09 Å². The summed E-state index contributed by atoms with van der Waals surface area (Å²) in [6.45, 7) is 15.1. The van der Waals surface area contributed by atoms with E-state index in [0.717, 1.165) is 18.4 Å². The number of halogens is 1. The number of nitrogens with zero attached hydrogens (tertiary/aromatic N) is 3. The van der Waals surface area contributed by atoms with E-state index in [4.69, 9.17) is 26.1 Å². The monoisotopic (exact) mass is 407 g/mol. The van der Waals surface area contributed by atoms with Gasteiger partial charge in [0, 0.05) is 12.6 Å². The van der Waals surface area contributed by atoms with Gasteiger partial charge in [-0.15, -0.1) is 0 Å². The first-order valence-electron chi connectivity index (χ1n) is 9.45. The number of aromatic nitrogens is 1. The molecule has 0 spiro atoms. The van der Waals surface area contributed by atoms with Gasteiger partial charge < -0.3 is 9.47 Å². The fourth-order valence-electron chi connectivity index (χ4n) is 2.86. The van der Waals surface area contributed by atoms with Crippen molar-refractivity contribution in [3.05, 3.63) is 41.5 Å². The summed E-state index contributed by atoms with van der Waals surface area (Å²) in [5.74, 6) is 0.779. The van der Waals surface area contributed by atoms with Crippen molar-refractivity contribution >= 4 is 23.5 Å². The maximum Gasteiger partial charge on any atom is 0.422 e. The van der Waals surface area contributed by atoms with Crippen LogP contribution in [0, 0.1) is 0 Å². The third-order valence-electron chi connectivity index (χ3n) is 3.83. The highest BCUT2D eigenvalue weighted by Crippen LogP contribution is 2.31. The average molecular weight is 408 g/mol. The van der Waals surface area contributed by atoms with Crippen LogP contribution in [0.3, 0.4) is 0 Å². The smallest absolute Gasteiger partial charge is 0.422 e. The minimum atomic E-state index is -0.648. The Hall–Kier alpha value is -2.08. The van der Waals surface area contributed by atoms with Crippen LogP contribution in [0.15, 0.2) is 35.8 Å². The molecule has 1 aliphatic rings. The van der Waals surface area contributed by atoms with Crippen LogP contribution in [0.1, 0.15) is 72.4 Å². The summed E-state index contributed by atoms with van der Waals surface area (Å²) < 4.78 is 11.5. The van der Waals surface area contributed by atoms with Crippen molar-refractivity contribution in [2.75, 3.05) is 0 Å². The summed E-state index contributed by atoms with van der Waals surface area (Å²) in [6, 6.07) is 3.58. The van der Waals surface area contributed by atoms with Crippen LogP contribution < -0.4 is 0 Å². The number of ether oxygens (including phenoxy) is 2. The molecule has 1 atom stereocenters. The highest BCUT2D eigenvalue weighted by atomic mass is 35.5. The van der Waals surface area contributed by atoms with Crippen LogP contribution >= 0.6 is 11.6 Å². The molecular formula is C21H30ClN3O3. The van der Waals surface area contributed by atoms with Crippen molar-refractivity contribution in [1.82, 2.24) is 9.88 Å². The summed E-state index contributed by atoms with van der Waals surface area (Å²) in [7, 11) is 0. The largest absolute Gasteiger partial charge is 0.473 e. The first-order chi connectivity index (χ1) is 12.9.